The topological polar surface area (TPSA) is 71.5 Å². The van der Waals surface area contributed by atoms with Crippen LogP contribution in [0.15, 0.2) is 0 Å². The first-order valence-corrected chi connectivity index (χ1v) is 7.16. The van der Waals surface area contributed by atoms with Gasteiger partial charge in [0.15, 0.2) is 0 Å². The van der Waals surface area contributed by atoms with Crippen molar-refractivity contribution in [2.24, 2.45) is 0 Å². The van der Waals surface area contributed by atoms with Crippen LogP contribution in [0.2, 0.25) is 0 Å². The summed E-state index contributed by atoms with van der Waals surface area (Å²) in [7, 11) is -15.8. The van der Waals surface area contributed by atoms with Crippen molar-refractivity contribution in [1.82, 2.24) is 3.62 Å². The van der Waals surface area contributed by atoms with E-state index in [1.54, 1.807) is 0 Å². The van der Waals surface area contributed by atoms with E-state index in [0.29, 0.717) is 0 Å². The highest BCUT2D eigenvalue weighted by molar-refractivity contribution is 8.06. The second-order valence-electron chi connectivity index (χ2n) is 3.42. The van der Waals surface area contributed by atoms with Crippen molar-refractivity contribution >= 4 is 28.0 Å². The molecule has 0 amide bonds. The molecule has 0 unspecified atom stereocenters. The number of rotatable bonds is 4. The number of hydrogen-bond acceptors (Lipinski definition) is 4. The van der Waals surface area contributed by atoms with Crippen LogP contribution in [-0.4, -0.2) is 51.3 Å². The van der Waals surface area contributed by atoms with Gasteiger partial charge < -0.3 is 0 Å². The standard InChI is InChI=1S/C4H2BF10NO4S2/c5-16(21(17,18)3(12,13)1(6,7)8)22(19,20)4(14,15)2(9,10)11/h5H2. The van der Waals surface area contributed by atoms with E-state index >= 15 is 0 Å². The SMILES string of the molecule is BN(S(=O)(=O)C(F)(F)C(F)(F)F)S(=O)(=O)C(F)(F)C(F)(F)F. The van der Waals surface area contributed by atoms with E-state index in [0.717, 1.165) is 0 Å². The average molecular weight is 393 g/mol. The summed E-state index contributed by atoms with van der Waals surface area (Å²) in [5.41, 5.74) is 0. The molecule has 0 atom stereocenters. The molecule has 0 aromatic carbocycles. The third-order valence-corrected chi connectivity index (χ3v) is 6.28. The van der Waals surface area contributed by atoms with Crippen LogP contribution in [0.25, 0.3) is 0 Å². The minimum atomic E-state index is -7.49. The minimum Gasteiger partial charge on any atom is -0.206 e. The van der Waals surface area contributed by atoms with Gasteiger partial charge in [-0.2, -0.15) is 43.9 Å². The quantitative estimate of drug-likeness (QED) is 0.524. The van der Waals surface area contributed by atoms with Gasteiger partial charge in [0, 0.05) is 0 Å². The number of sulfonamides is 2. The highest BCUT2D eigenvalue weighted by Gasteiger charge is 2.74. The van der Waals surface area contributed by atoms with Gasteiger partial charge in [-0.3, -0.25) is 0 Å². The fourth-order valence-corrected chi connectivity index (χ4v) is 3.57. The summed E-state index contributed by atoms with van der Waals surface area (Å²) in [6, 6.07) is 0. The fraction of sp³-hybridized carbons (Fsp3) is 1.00. The largest absolute Gasteiger partial charge is 0.470 e. The third kappa shape index (κ3) is 2.86. The van der Waals surface area contributed by atoms with Crippen molar-refractivity contribution in [3.63, 3.8) is 0 Å². The van der Waals surface area contributed by atoms with Crippen LogP contribution in [-0.2, 0) is 20.0 Å². The molecule has 0 saturated heterocycles. The molecule has 0 heterocycles. The van der Waals surface area contributed by atoms with Crippen molar-refractivity contribution in [1.29, 1.82) is 0 Å². The van der Waals surface area contributed by atoms with Crippen LogP contribution in [0.1, 0.15) is 0 Å². The first kappa shape index (κ1) is 21.2. The molecule has 5 nitrogen and oxygen atoms in total. The lowest BCUT2D eigenvalue weighted by molar-refractivity contribution is -0.243. The zero-order valence-electron chi connectivity index (χ0n) is 9.68. The van der Waals surface area contributed by atoms with Crippen molar-refractivity contribution in [3.8, 4) is 0 Å². The molecule has 22 heavy (non-hydrogen) atoms. The second-order valence-corrected chi connectivity index (χ2v) is 7.67. The van der Waals surface area contributed by atoms with Crippen molar-refractivity contribution in [2.75, 3.05) is 0 Å². The number of alkyl halides is 10. The Bertz CT molecular complexity index is 577. The van der Waals surface area contributed by atoms with Gasteiger partial charge in [-0.15, -0.1) is 3.62 Å². The third-order valence-electron chi connectivity index (χ3n) is 1.98. The molecule has 0 fully saturated rings. The smallest absolute Gasteiger partial charge is 0.206 e. The predicted octanol–water partition coefficient (Wildman–Crippen LogP) is 0.806. The van der Waals surface area contributed by atoms with Gasteiger partial charge in [0.1, 0.15) is 0 Å². The molecule has 132 valence electrons. The Morgan fingerprint density at radius 2 is 0.773 bits per heavy atom. The van der Waals surface area contributed by atoms with Crippen LogP contribution in [0.5, 0.6) is 0 Å². The summed E-state index contributed by atoms with van der Waals surface area (Å²) < 4.78 is 162. The Balaban J connectivity index is 6.27. The molecular formula is C4H2BF10NO4S2. The Kier molecular flexibility index (Phi) is 4.94. The van der Waals surface area contributed by atoms with Crippen molar-refractivity contribution < 1.29 is 60.7 Å². The first-order valence-electron chi connectivity index (χ1n) is 4.28. The van der Waals surface area contributed by atoms with Crippen molar-refractivity contribution in [2.45, 2.75) is 22.9 Å². The van der Waals surface area contributed by atoms with Crippen molar-refractivity contribution in [3.05, 3.63) is 0 Å². The highest BCUT2D eigenvalue weighted by atomic mass is 32.3. The van der Waals surface area contributed by atoms with Gasteiger partial charge in [0.25, 0.3) is 20.0 Å². The predicted molar refractivity (Wildman–Crippen MR) is 50.2 cm³/mol. The van der Waals surface area contributed by atoms with E-state index in [9.17, 15) is 60.7 Å². The number of nitrogens with zero attached hydrogens (tertiary/aromatic N) is 1. The van der Waals surface area contributed by atoms with E-state index in [4.69, 9.17) is 0 Å². The Labute approximate surface area is 116 Å². The lowest BCUT2D eigenvalue weighted by Crippen LogP contribution is -2.58. The Morgan fingerprint density at radius 1 is 0.591 bits per heavy atom. The number of halogens is 10. The molecule has 0 saturated carbocycles. The zero-order valence-corrected chi connectivity index (χ0v) is 11.3. The molecule has 0 radical (unpaired) electrons. The molecule has 0 aliphatic carbocycles. The van der Waals surface area contributed by atoms with E-state index < -0.39 is 54.5 Å². The summed E-state index contributed by atoms with van der Waals surface area (Å²) >= 11 is 0. The Morgan fingerprint density at radius 3 is 0.909 bits per heavy atom. The van der Waals surface area contributed by atoms with E-state index in [1.807, 2.05) is 0 Å². The molecule has 0 aliphatic rings. The van der Waals surface area contributed by atoms with Crippen LogP contribution in [0.3, 0.4) is 0 Å². The summed E-state index contributed by atoms with van der Waals surface area (Å²) in [6.45, 7) is 0. The summed E-state index contributed by atoms with van der Waals surface area (Å²) in [5.74, 6) is 0. The maximum Gasteiger partial charge on any atom is 0.470 e. The number of hydrogen-bond donors (Lipinski definition) is 0. The molecule has 0 aromatic heterocycles. The molecule has 0 rings (SSSR count). The Hall–Kier alpha value is -0.775. The van der Waals surface area contributed by atoms with Gasteiger partial charge >= 0.3 is 22.9 Å². The maximum atomic E-state index is 12.6. The molecule has 0 aromatic rings. The molecule has 0 bridgehead atoms. The zero-order chi connectivity index (χ0) is 18.6. The summed E-state index contributed by atoms with van der Waals surface area (Å²) in [5, 5.41) is -13.9. The average Bonchev–Trinajstić information content (AvgIpc) is 2.24. The molecular weight excluding hydrogens is 391 g/mol. The summed E-state index contributed by atoms with van der Waals surface area (Å²) in [4.78, 5) is 0. The van der Waals surface area contributed by atoms with E-state index in [1.165, 1.54) is 0 Å². The molecule has 0 aliphatic heterocycles. The van der Waals surface area contributed by atoms with Crippen LogP contribution >= 0.6 is 0 Å². The van der Waals surface area contributed by atoms with Gasteiger partial charge in [0.05, 0.1) is 0 Å². The normalized spacial score (nSPS) is 16.1. The molecule has 0 N–H and O–H groups in total. The van der Waals surface area contributed by atoms with Gasteiger partial charge in [-0.25, -0.2) is 16.8 Å². The van der Waals surface area contributed by atoms with Crippen LogP contribution in [0.4, 0.5) is 43.9 Å². The van der Waals surface area contributed by atoms with Gasteiger partial charge in [-0.05, 0) is 0 Å². The van der Waals surface area contributed by atoms with E-state index in [2.05, 4.69) is 0 Å². The van der Waals surface area contributed by atoms with Crippen LogP contribution < -0.4 is 0 Å². The maximum absolute atomic E-state index is 12.6. The minimum absolute atomic E-state index is 0.816. The van der Waals surface area contributed by atoms with Gasteiger partial charge in [0.2, 0.25) is 7.98 Å². The lowest BCUT2D eigenvalue weighted by Gasteiger charge is -2.29. The van der Waals surface area contributed by atoms with E-state index in [-0.39, 0.29) is 0 Å². The lowest BCUT2D eigenvalue weighted by atomic mass is 10.5. The van der Waals surface area contributed by atoms with Gasteiger partial charge in [-0.1, -0.05) is 0 Å². The molecule has 0 spiro atoms. The second kappa shape index (κ2) is 5.12. The monoisotopic (exact) mass is 393 g/mol. The first-order chi connectivity index (χ1) is 9.15. The summed E-state index contributed by atoms with van der Waals surface area (Å²) in [6.07, 6.45) is -13.9. The highest BCUT2D eigenvalue weighted by Crippen LogP contribution is 2.46. The fourth-order valence-electron chi connectivity index (χ4n) is 0.745. The van der Waals surface area contributed by atoms with Crippen LogP contribution in [0, 0.1) is 0 Å². The molecule has 18 heteroatoms.